The van der Waals surface area contributed by atoms with Crippen LogP contribution in [0.1, 0.15) is 37.8 Å². The standard InChI is InChI=1S/C30H34F3N3O5S/c1-4-18-34-29(38)27(5-2)35(20-22-14-16-25(41-3)17-15-22)28(37)21-36(42(39,40)26-12-7-6-8-13-26)24-11-9-10-23(19-24)30(31,32)33/h6-17,19,27H,4-5,18,20-21H2,1-3H3,(H,34,38)/t27-/m0/s1. The number of sulfonamides is 1. The first-order chi connectivity index (χ1) is 19.9. The Labute approximate surface area is 244 Å². The van der Waals surface area contributed by atoms with Crippen molar-refractivity contribution in [1.82, 2.24) is 10.2 Å². The first-order valence-corrected chi connectivity index (χ1v) is 14.8. The van der Waals surface area contributed by atoms with Gasteiger partial charge in [-0.25, -0.2) is 8.42 Å². The van der Waals surface area contributed by atoms with Crippen LogP contribution >= 0.6 is 0 Å². The van der Waals surface area contributed by atoms with Crippen LogP contribution in [0.15, 0.2) is 83.8 Å². The van der Waals surface area contributed by atoms with Crippen molar-refractivity contribution >= 4 is 27.5 Å². The molecule has 0 unspecified atom stereocenters. The molecule has 0 aromatic heterocycles. The SMILES string of the molecule is CCCNC(=O)[C@H](CC)N(Cc1ccc(OC)cc1)C(=O)CN(c1cccc(C(F)(F)F)c1)S(=O)(=O)c1ccccc1. The number of hydrogen-bond acceptors (Lipinski definition) is 5. The maximum atomic E-state index is 14.0. The van der Waals surface area contributed by atoms with Gasteiger partial charge in [-0.1, -0.05) is 50.2 Å². The second-order valence-electron chi connectivity index (χ2n) is 9.46. The van der Waals surface area contributed by atoms with Crippen molar-refractivity contribution in [2.45, 2.75) is 50.3 Å². The van der Waals surface area contributed by atoms with Crippen LogP contribution < -0.4 is 14.4 Å². The Kier molecular flexibility index (Phi) is 11.0. The van der Waals surface area contributed by atoms with E-state index < -0.39 is 46.2 Å². The third-order valence-corrected chi connectivity index (χ3v) is 8.31. The molecule has 0 heterocycles. The van der Waals surface area contributed by atoms with Gasteiger partial charge in [0.25, 0.3) is 10.0 Å². The largest absolute Gasteiger partial charge is 0.497 e. The number of ether oxygens (including phenoxy) is 1. The van der Waals surface area contributed by atoms with Crippen molar-refractivity contribution < 1.29 is 35.9 Å². The number of benzene rings is 3. The predicted octanol–water partition coefficient (Wildman–Crippen LogP) is 5.24. The number of amides is 2. The predicted molar refractivity (Wildman–Crippen MR) is 153 cm³/mol. The minimum Gasteiger partial charge on any atom is -0.497 e. The van der Waals surface area contributed by atoms with Gasteiger partial charge in [-0.15, -0.1) is 0 Å². The molecule has 0 bridgehead atoms. The van der Waals surface area contributed by atoms with Crippen molar-refractivity contribution in [1.29, 1.82) is 0 Å². The molecule has 1 N–H and O–H groups in total. The molecule has 0 aliphatic heterocycles. The average Bonchev–Trinajstić information content (AvgIpc) is 2.98. The van der Waals surface area contributed by atoms with E-state index in [2.05, 4.69) is 5.32 Å². The van der Waals surface area contributed by atoms with Crippen molar-refractivity contribution in [3.8, 4) is 5.75 Å². The van der Waals surface area contributed by atoms with Crippen molar-refractivity contribution in [3.63, 3.8) is 0 Å². The lowest BCUT2D eigenvalue weighted by Crippen LogP contribution is -2.52. The molecule has 0 saturated carbocycles. The molecule has 2 amide bonds. The minimum absolute atomic E-state index is 0.0529. The Morgan fingerprint density at radius 1 is 0.952 bits per heavy atom. The van der Waals surface area contributed by atoms with Crippen LogP contribution in [0.25, 0.3) is 0 Å². The summed E-state index contributed by atoms with van der Waals surface area (Å²) >= 11 is 0. The molecule has 12 heteroatoms. The monoisotopic (exact) mass is 605 g/mol. The maximum absolute atomic E-state index is 14.0. The number of hydrogen-bond donors (Lipinski definition) is 1. The molecule has 3 aromatic carbocycles. The molecular weight excluding hydrogens is 571 g/mol. The number of halogens is 3. The van der Waals surface area contributed by atoms with Gasteiger partial charge in [0, 0.05) is 13.1 Å². The maximum Gasteiger partial charge on any atom is 0.416 e. The zero-order chi connectivity index (χ0) is 30.9. The smallest absolute Gasteiger partial charge is 0.416 e. The molecule has 8 nitrogen and oxygen atoms in total. The first kappa shape index (κ1) is 32.5. The Bertz CT molecular complexity index is 1450. The number of rotatable bonds is 13. The summed E-state index contributed by atoms with van der Waals surface area (Å²) in [7, 11) is -2.99. The fourth-order valence-corrected chi connectivity index (χ4v) is 5.73. The van der Waals surface area contributed by atoms with Gasteiger partial charge in [-0.2, -0.15) is 13.2 Å². The topological polar surface area (TPSA) is 96.0 Å². The summed E-state index contributed by atoms with van der Waals surface area (Å²) in [5, 5.41) is 2.78. The van der Waals surface area contributed by atoms with Gasteiger partial charge in [-0.3, -0.25) is 13.9 Å². The number of nitrogens with zero attached hydrogens (tertiary/aromatic N) is 2. The van der Waals surface area contributed by atoms with Gasteiger partial charge in [0.05, 0.1) is 23.3 Å². The Morgan fingerprint density at radius 3 is 2.19 bits per heavy atom. The van der Waals surface area contributed by atoms with Crippen LogP contribution in [0.4, 0.5) is 18.9 Å². The highest BCUT2D eigenvalue weighted by atomic mass is 32.2. The first-order valence-electron chi connectivity index (χ1n) is 13.4. The highest BCUT2D eigenvalue weighted by molar-refractivity contribution is 7.92. The van der Waals surface area contributed by atoms with Gasteiger partial charge in [0.2, 0.25) is 11.8 Å². The van der Waals surface area contributed by atoms with E-state index in [9.17, 15) is 31.2 Å². The summed E-state index contributed by atoms with van der Waals surface area (Å²) in [5.74, 6) is -0.604. The molecule has 0 spiro atoms. The number of carbonyl (C=O) groups is 2. The van der Waals surface area contributed by atoms with Gasteiger partial charge in [0.15, 0.2) is 0 Å². The second-order valence-corrected chi connectivity index (χ2v) is 11.3. The van der Waals surface area contributed by atoms with E-state index in [1.807, 2.05) is 6.92 Å². The number of alkyl halides is 3. The Morgan fingerprint density at radius 2 is 1.62 bits per heavy atom. The van der Waals surface area contributed by atoms with Crippen LogP contribution in [0.2, 0.25) is 0 Å². The molecule has 0 aliphatic carbocycles. The fraction of sp³-hybridized carbons (Fsp3) is 0.333. The minimum atomic E-state index is -4.74. The van der Waals surface area contributed by atoms with Gasteiger partial charge < -0.3 is 15.0 Å². The van der Waals surface area contributed by atoms with Crippen LogP contribution in [0, 0.1) is 0 Å². The molecule has 1 atom stereocenters. The average molecular weight is 606 g/mol. The van der Waals surface area contributed by atoms with Crippen LogP contribution in [0.5, 0.6) is 5.75 Å². The van der Waals surface area contributed by atoms with E-state index in [4.69, 9.17) is 4.74 Å². The molecule has 0 radical (unpaired) electrons. The normalized spacial score (nSPS) is 12.3. The third-order valence-electron chi connectivity index (χ3n) is 6.52. The van der Waals surface area contributed by atoms with Crippen LogP contribution in [0.3, 0.4) is 0 Å². The molecule has 3 rings (SSSR count). The number of carbonyl (C=O) groups excluding carboxylic acids is 2. The number of methoxy groups -OCH3 is 1. The van der Waals surface area contributed by atoms with E-state index in [0.717, 1.165) is 12.1 Å². The summed E-state index contributed by atoms with van der Waals surface area (Å²) in [5.41, 5.74) is -0.765. The Hall–Kier alpha value is -4.06. The van der Waals surface area contributed by atoms with Gasteiger partial charge >= 0.3 is 6.18 Å². The lowest BCUT2D eigenvalue weighted by Gasteiger charge is -2.33. The molecule has 226 valence electrons. The summed E-state index contributed by atoms with van der Waals surface area (Å²) in [6, 6.07) is 16.7. The van der Waals surface area contributed by atoms with E-state index in [1.54, 1.807) is 37.3 Å². The fourth-order valence-electron chi connectivity index (χ4n) is 4.30. The Balaban J connectivity index is 2.09. The number of anilines is 1. The summed E-state index contributed by atoms with van der Waals surface area (Å²) < 4.78 is 74.1. The highest BCUT2D eigenvalue weighted by Gasteiger charge is 2.35. The van der Waals surface area contributed by atoms with Crippen LogP contribution in [-0.4, -0.2) is 51.4 Å². The molecule has 0 saturated heterocycles. The van der Waals surface area contributed by atoms with Crippen molar-refractivity contribution in [2.75, 3.05) is 24.5 Å². The molecular formula is C30H34F3N3O5S. The zero-order valence-corrected chi connectivity index (χ0v) is 24.4. The van der Waals surface area contributed by atoms with Gasteiger partial charge in [-0.05, 0) is 60.9 Å². The summed E-state index contributed by atoms with van der Waals surface area (Å²) in [6.07, 6.45) is -3.87. The van der Waals surface area contributed by atoms with E-state index in [1.165, 1.54) is 42.3 Å². The zero-order valence-electron chi connectivity index (χ0n) is 23.6. The quantitative estimate of drug-likeness (QED) is 0.288. The summed E-state index contributed by atoms with van der Waals surface area (Å²) in [4.78, 5) is 28.2. The molecule has 3 aromatic rings. The lowest BCUT2D eigenvalue weighted by molar-refractivity contribution is -0.140. The highest BCUT2D eigenvalue weighted by Crippen LogP contribution is 2.33. The van der Waals surface area contributed by atoms with Crippen molar-refractivity contribution in [3.05, 3.63) is 90.0 Å². The second kappa shape index (κ2) is 14.2. The summed E-state index contributed by atoms with van der Waals surface area (Å²) in [6.45, 7) is 3.08. The molecule has 42 heavy (non-hydrogen) atoms. The van der Waals surface area contributed by atoms with E-state index in [0.29, 0.717) is 34.7 Å². The van der Waals surface area contributed by atoms with E-state index >= 15 is 0 Å². The van der Waals surface area contributed by atoms with Crippen LogP contribution in [-0.2, 0) is 32.3 Å². The lowest BCUT2D eigenvalue weighted by atomic mass is 10.1. The van der Waals surface area contributed by atoms with Crippen molar-refractivity contribution in [2.24, 2.45) is 0 Å². The third kappa shape index (κ3) is 8.03. The van der Waals surface area contributed by atoms with Gasteiger partial charge in [0.1, 0.15) is 18.3 Å². The number of nitrogens with one attached hydrogen (secondary N) is 1. The molecule has 0 aliphatic rings. The molecule has 0 fully saturated rings. The van der Waals surface area contributed by atoms with E-state index in [-0.39, 0.29) is 23.5 Å².